The molecule has 0 atom stereocenters. The summed E-state index contributed by atoms with van der Waals surface area (Å²) < 4.78 is 11.8. The summed E-state index contributed by atoms with van der Waals surface area (Å²) in [5.74, 6) is 0.501. The third-order valence-corrected chi connectivity index (χ3v) is 6.40. The molecule has 0 radical (unpaired) electrons. The number of benzene rings is 1. The molecule has 0 aliphatic rings. The lowest BCUT2D eigenvalue weighted by atomic mass is 10.2. The van der Waals surface area contributed by atoms with Crippen LogP contribution in [-0.4, -0.2) is 53.6 Å². The van der Waals surface area contributed by atoms with Crippen molar-refractivity contribution in [3.05, 3.63) is 45.3 Å². The molecule has 2 amide bonds. The van der Waals surface area contributed by atoms with Crippen molar-refractivity contribution < 1.29 is 19.1 Å². The van der Waals surface area contributed by atoms with Crippen molar-refractivity contribution in [2.24, 2.45) is 0 Å². The van der Waals surface area contributed by atoms with Crippen molar-refractivity contribution in [3.63, 3.8) is 0 Å². The van der Waals surface area contributed by atoms with E-state index in [1.807, 2.05) is 13.8 Å². The highest BCUT2D eigenvalue weighted by atomic mass is 32.1. The number of ether oxygens (including phenoxy) is 2. The molecule has 2 aromatic heterocycles. The van der Waals surface area contributed by atoms with E-state index in [0.29, 0.717) is 50.9 Å². The first-order valence-electron chi connectivity index (χ1n) is 10.1. The Bertz CT molecular complexity index is 1210. The number of aromatic nitrogens is 2. The van der Waals surface area contributed by atoms with Crippen LogP contribution in [0.4, 0.5) is 5.69 Å². The van der Waals surface area contributed by atoms with E-state index in [9.17, 15) is 14.4 Å². The first-order valence-corrected chi connectivity index (χ1v) is 11.0. The van der Waals surface area contributed by atoms with Crippen LogP contribution >= 0.6 is 11.3 Å². The van der Waals surface area contributed by atoms with E-state index in [-0.39, 0.29) is 23.9 Å². The topological polar surface area (TPSA) is 103 Å². The summed E-state index contributed by atoms with van der Waals surface area (Å²) in [7, 11) is 3.04. The van der Waals surface area contributed by atoms with Gasteiger partial charge in [0, 0.05) is 19.2 Å². The van der Waals surface area contributed by atoms with Crippen molar-refractivity contribution in [2.45, 2.75) is 27.3 Å². The fraction of sp³-hybridized carbons (Fsp3) is 0.364. The number of hydrogen-bond acceptors (Lipinski definition) is 7. The lowest BCUT2D eigenvalue weighted by Gasteiger charge is -2.18. The van der Waals surface area contributed by atoms with Gasteiger partial charge in [0.25, 0.3) is 11.5 Å². The Labute approximate surface area is 189 Å². The fourth-order valence-corrected chi connectivity index (χ4v) is 4.44. The molecule has 1 N–H and O–H groups in total. The number of anilines is 1. The van der Waals surface area contributed by atoms with Gasteiger partial charge in [0.05, 0.1) is 36.5 Å². The van der Waals surface area contributed by atoms with E-state index in [1.54, 1.807) is 30.0 Å². The Hall–Kier alpha value is -3.40. The van der Waals surface area contributed by atoms with Crippen LogP contribution in [0.3, 0.4) is 0 Å². The average molecular weight is 459 g/mol. The number of carbonyl (C=O) groups is 2. The molecule has 0 aliphatic carbocycles. The molecule has 2 heterocycles. The predicted octanol–water partition coefficient (Wildman–Crippen LogP) is 2.90. The summed E-state index contributed by atoms with van der Waals surface area (Å²) in [6, 6.07) is 5.08. The van der Waals surface area contributed by atoms with Gasteiger partial charge in [-0.2, -0.15) is 0 Å². The van der Waals surface area contributed by atoms with Gasteiger partial charge in [0.15, 0.2) is 0 Å². The van der Waals surface area contributed by atoms with Crippen LogP contribution in [0.15, 0.2) is 29.3 Å². The van der Waals surface area contributed by atoms with Crippen molar-refractivity contribution in [1.29, 1.82) is 0 Å². The molecule has 9 nitrogen and oxygen atoms in total. The minimum Gasteiger partial charge on any atom is -0.497 e. The number of aryl methyl sites for hydroxylation is 1. The summed E-state index contributed by atoms with van der Waals surface area (Å²) in [6.07, 6.45) is 1.36. The number of nitrogens with zero attached hydrogens (tertiary/aromatic N) is 3. The minimum atomic E-state index is -0.387. The SMILES string of the molecule is CCN(CC)C(=O)Cn1cnc2sc(C(=O)Nc3cc(OC)ccc3OC)c(C)c2c1=O. The molecule has 3 rings (SSSR count). The molecule has 0 spiro atoms. The molecule has 0 saturated heterocycles. The second-order valence-electron chi connectivity index (χ2n) is 7.00. The number of carbonyl (C=O) groups excluding carboxylic acids is 2. The highest BCUT2D eigenvalue weighted by Gasteiger charge is 2.22. The van der Waals surface area contributed by atoms with Gasteiger partial charge in [-0.3, -0.25) is 19.0 Å². The van der Waals surface area contributed by atoms with Gasteiger partial charge in [-0.05, 0) is 38.5 Å². The number of amides is 2. The molecule has 0 unspecified atom stereocenters. The first kappa shape index (κ1) is 23.3. The Kier molecular flexibility index (Phi) is 7.14. The zero-order chi connectivity index (χ0) is 23.4. The van der Waals surface area contributed by atoms with Crippen LogP contribution in [-0.2, 0) is 11.3 Å². The summed E-state index contributed by atoms with van der Waals surface area (Å²) in [5, 5.41) is 3.16. The van der Waals surface area contributed by atoms with Crippen LogP contribution in [0.2, 0.25) is 0 Å². The maximum Gasteiger partial charge on any atom is 0.266 e. The Balaban J connectivity index is 1.95. The Morgan fingerprint density at radius 1 is 1.19 bits per heavy atom. The van der Waals surface area contributed by atoms with Gasteiger partial charge in [-0.25, -0.2) is 4.98 Å². The number of likely N-dealkylation sites (N-methyl/N-ethyl adjacent to an activating group) is 1. The zero-order valence-corrected chi connectivity index (χ0v) is 19.5. The van der Waals surface area contributed by atoms with Gasteiger partial charge >= 0.3 is 0 Å². The summed E-state index contributed by atoms with van der Waals surface area (Å²) in [6.45, 7) is 6.51. The summed E-state index contributed by atoms with van der Waals surface area (Å²) in [5.41, 5.74) is 0.623. The first-order chi connectivity index (χ1) is 15.3. The van der Waals surface area contributed by atoms with Gasteiger partial charge in [0.1, 0.15) is 22.9 Å². The third kappa shape index (κ3) is 4.45. The van der Waals surface area contributed by atoms with E-state index in [0.717, 1.165) is 11.3 Å². The number of methoxy groups -OCH3 is 2. The lowest BCUT2D eigenvalue weighted by molar-refractivity contribution is -0.131. The smallest absolute Gasteiger partial charge is 0.266 e. The predicted molar refractivity (Wildman–Crippen MR) is 124 cm³/mol. The van der Waals surface area contributed by atoms with E-state index in [2.05, 4.69) is 10.3 Å². The maximum absolute atomic E-state index is 13.1. The minimum absolute atomic E-state index is 0.0960. The third-order valence-electron chi connectivity index (χ3n) is 5.20. The zero-order valence-electron chi connectivity index (χ0n) is 18.7. The monoisotopic (exact) mass is 458 g/mol. The van der Waals surface area contributed by atoms with Crippen molar-refractivity contribution in [3.8, 4) is 11.5 Å². The molecule has 0 bridgehead atoms. The normalized spacial score (nSPS) is 10.8. The number of nitrogens with one attached hydrogen (secondary N) is 1. The standard InChI is InChI=1S/C22H26N4O5S/c1-6-25(7-2)17(27)11-26-12-23-21-18(22(26)29)13(3)19(32-21)20(28)24-15-10-14(30-4)8-9-16(15)31-5/h8-10,12H,6-7,11H2,1-5H3,(H,24,28). The van der Waals surface area contributed by atoms with Gasteiger partial charge in [0.2, 0.25) is 5.91 Å². The van der Waals surface area contributed by atoms with Crippen LogP contribution in [0, 0.1) is 6.92 Å². The van der Waals surface area contributed by atoms with Gasteiger partial charge in [-0.1, -0.05) is 0 Å². The summed E-state index contributed by atoms with van der Waals surface area (Å²) in [4.78, 5) is 45.3. The molecule has 0 saturated carbocycles. The Morgan fingerprint density at radius 2 is 1.91 bits per heavy atom. The van der Waals surface area contributed by atoms with E-state index >= 15 is 0 Å². The quantitative estimate of drug-likeness (QED) is 0.557. The van der Waals surface area contributed by atoms with Crippen molar-refractivity contribution >= 4 is 39.1 Å². The second-order valence-corrected chi connectivity index (χ2v) is 8.00. The lowest BCUT2D eigenvalue weighted by Crippen LogP contribution is -2.36. The Morgan fingerprint density at radius 3 is 2.53 bits per heavy atom. The molecule has 32 heavy (non-hydrogen) atoms. The van der Waals surface area contributed by atoms with Crippen LogP contribution in [0.25, 0.3) is 10.2 Å². The highest BCUT2D eigenvalue weighted by molar-refractivity contribution is 7.20. The maximum atomic E-state index is 13.1. The van der Waals surface area contributed by atoms with E-state index in [4.69, 9.17) is 9.47 Å². The van der Waals surface area contributed by atoms with E-state index in [1.165, 1.54) is 25.1 Å². The van der Waals surface area contributed by atoms with Gasteiger partial charge < -0.3 is 19.7 Å². The molecule has 0 fully saturated rings. The molecule has 170 valence electrons. The number of hydrogen-bond donors (Lipinski definition) is 1. The molecule has 3 aromatic rings. The van der Waals surface area contributed by atoms with Gasteiger partial charge in [-0.15, -0.1) is 11.3 Å². The largest absolute Gasteiger partial charge is 0.497 e. The highest BCUT2D eigenvalue weighted by Crippen LogP contribution is 2.32. The van der Waals surface area contributed by atoms with Crippen LogP contribution in [0.5, 0.6) is 11.5 Å². The molecular weight excluding hydrogens is 432 g/mol. The van der Waals surface area contributed by atoms with Crippen LogP contribution in [0.1, 0.15) is 29.1 Å². The number of rotatable bonds is 8. The second kappa shape index (κ2) is 9.82. The van der Waals surface area contributed by atoms with E-state index < -0.39 is 0 Å². The number of fused-ring (bicyclic) bond motifs is 1. The fourth-order valence-electron chi connectivity index (χ4n) is 3.40. The number of thiophene rings is 1. The molecular formula is C22H26N4O5S. The molecule has 0 aliphatic heterocycles. The summed E-state index contributed by atoms with van der Waals surface area (Å²) >= 11 is 1.13. The average Bonchev–Trinajstić information content (AvgIpc) is 3.13. The molecule has 1 aromatic carbocycles. The molecule has 10 heteroatoms. The van der Waals surface area contributed by atoms with Crippen molar-refractivity contribution in [2.75, 3.05) is 32.6 Å². The van der Waals surface area contributed by atoms with Crippen molar-refractivity contribution in [1.82, 2.24) is 14.5 Å². The van der Waals surface area contributed by atoms with Crippen LogP contribution < -0.4 is 20.3 Å².